The van der Waals surface area contributed by atoms with Crippen LogP contribution in [0.4, 0.5) is 0 Å². The molecule has 0 radical (unpaired) electrons. The molecule has 1 aromatic heterocycles. The summed E-state index contributed by atoms with van der Waals surface area (Å²) in [5, 5.41) is 7.23. The molecule has 0 fully saturated rings. The van der Waals surface area contributed by atoms with Gasteiger partial charge in [0.1, 0.15) is 0 Å². The van der Waals surface area contributed by atoms with Crippen molar-refractivity contribution < 1.29 is 0 Å². The maximum absolute atomic E-state index is 6.26. The minimum atomic E-state index is 0.255. The Morgan fingerprint density at radius 1 is 1.26 bits per heavy atom. The maximum atomic E-state index is 6.26. The summed E-state index contributed by atoms with van der Waals surface area (Å²) in [6.45, 7) is 3.15. The number of halogens is 2. The van der Waals surface area contributed by atoms with Crippen molar-refractivity contribution in [3.8, 4) is 0 Å². The van der Waals surface area contributed by atoms with Gasteiger partial charge in [0.05, 0.1) is 5.02 Å². The SMILES string of the molecule is CCCNC(Cc1cccc(Cl)c1)c1sccc1Cl. The van der Waals surface area contributed by atoms with Gasteiger partial charge in [-0.25, -0.2) is 0 Å². The van der Waals surface area contributed by atoms with Crippen LogP contribution in [0.15, 0.2) is 35.7 Å². The van der Waals surface area contributed by atoms with Crippen molar-refractivity contribution in [2.45, 2.75) is 25.8 Å². The molecule has 0 aliphatic rings. The zero-order valence-electron chi connectivity index (χ0n) is 10.8. The molecule has 1 nitrogen and oxygen atoms in total. The van der Waals surface area contributed by atoms with E-state index in [9.17, 15) is 0 Å². The number of benzene rings is 1. The molecular formula is C15H17Cl2NS. The fraction of sp³-hybridized carbons (Fsp3) is 0.333. The molecule has 102 valence electrons. The summed E-state index contributed by atoms with van der Waals surface area (Å²) < 4.78 is 0. The van der Waals surface area contributed by atoms with Crippen LogP contribution in [-0.2, 0) is 6.42 Å². The number of rotatable bonds is 6. The van der Waals surface area contributed by atoms with E-state index in [0.29, 0.717) is 0 Å². The summed E-state index contributed by atoms with van der Waals surface area (Å²) in [6.07, 6.45) is 2.01. The molecule has 1 atom stereocenters. The van der Waals surface area contributed by atoms with E-state index in [2.05, 4.69) is 18.3 Å². The van der Waals surface area contributed by atoms with Gasteiger partial charge < -0.3 is 5.32 Å². The maximum Gasteiger partial charge on any atom is 0.0561 e. The van der Waals surface area contributed by atoms with Crippen molar-refractivity contribution in [3.63, 3.8) is 0 Å². The smallest absolute Gasteiger partial charge is 0.0561 e. The van der Waals surface area contributed by atoms with Crippen LogP contribution in [0.3, 0.4) is 0 Å². The first-order valence-electron chi connectivity index (χ1n) is 6.41. The molecule has 0 saturated carbocycles. The predicted octanol–water partition coefficient (Wildman–Crippen LogP) is 5.34. The monoisotopic (exact) mass is 313 g/mol. The van der Waals surface area contributed by atoms with Gasteiger partial charge in [-0.3, -0.25) is 0 Å². The Morgan fingerprint density at radius 2 is 2.11 bits per heavy atom. The van der Waals surface area contributed by atoms with Crippen LogP contribution >= 0.6 is 34.5 Å². The molecule has 2 rings (SSSR count). The highest BCUT2D eigenvalue weighted by molar-refractivity contribution is 7.10. The third kappa shape index (κ3) is 4.22. The summed E-state index contributed by atoms with van der Waals surface area (Å²) in [5.74, 6) is 0. The van der Waals surface area contributed by atoms with Crippen LogP contribution < -0.4 is 5.32 Å². The van der Waals surface area contributed by atoms with Crippen molar-refractivity contribution in [2.75, 3.05) is 6.54 Å². The van der Waals surface area contributed by atoms with E-state index in [1.54, 1.807) is 11.3 Å². The fourth-order valence-corrected chi connectivity index (χ4v) is 3.51. The number of thiophene rings is 1. The van der Waals surface area contributed by atoms with Crippen molar-refractivity contribution in [1.82, 2.24) is 5.32 Å². The van der Waals surface area contributed by atoms with E-state index >= 15 is 0 Å². The lowest BCUT2D eigenvalue weighted by Gasteiger charge is -2.18. The van der Waals surface area contributed by atoms with Gasteiger partial charge in [-0.2, -0.15) is 0 Å². The summed E-state index contributed by atoms with van der Waals surface area (Å²) in [7, 11) is 0. The number of nitrogens with one attached hydrogen (secondary N) is 1. The van der Waals surface area contributed by atoms with E-state index in [1.807, 2.05) is 29.6 Å². The molecule has 0 amide bonds. The van der Waals surface area contributed by atoms with Crippen LogP contribution in [0.2, 0.25) is 10.0 Å². The summed E-state index contributed by atoms with van der Waals surface area (Å²) in [6, 6.07) is 10.2. The molecule has 4 heteroatoms. The molecule has 1 unspecified atom stereocenters. The molecule has 1 heterocycles. The largest absolute Gasteiger partial charge is 0.309 e. The summed E-state index contributed by atoms with van der Waals surface area (Å²) in [5.41, 5.74) is 1.23. The number of hydrogen-bond donors (Lipinski definition) is 1. The molecule has 2 aromatic rings. The molecule has 0 bridgehead atoms. The molecule has 19 heavy (non-hydrogen) atoms. The molecule has 0 saturated heterocycles. The standard InChI is InChI=1S/C15H17Cl2NS/c1-2-7-18-14(15-13(17)6-8-19-15)10-11-4-3-5-12(16)9-11/h3-6,8-9,14,18H,2,7,10H2,1H3. The third-order valence-electron chi connectivity index (χ3n) is 2.93. The zero-order valence-corrected chi connectivity index (χ0v) is 13.2. The Hall–Kier alpha value is -0.540. The van der Waals surface area contributed by atoms with Gasteiger partial charge >= 0.3 is 0 Å². The Bertz CT molecular complexity index is 524. The average molecular weight is 314 g/mol. The number of hydrogen-bond acceptors (Lipinski definition) is 2. The molecular weight excluding hydrogens is 297 g/mol. The Kier molecular flexibility index (Phi) is 5.71. The fourth-order valence-electron chi connectivity index (χ4n) is 2.03. The van der Waals surface area contributed by atoms with Gasteiger partial charge in [0, 0.05) is 15.9 Å². The van der Waals surface area contributed by atoms with Crippen LogP contribution in [0.1, 0.15) is 29.8 Å². The van der Waals surface area contributed by atoms with Gasteiger partial charge in [-0.15, -0.1) is 11.3 Å². The lowest BCUT2D eigenvalue weighted by molar-refractivity contribution is 0.537. The normalized spacial score (nSPS) is 12.6. The van der Waals surface area contributed by atoms with Crippen molar-refractivity contribution >= 4 is 34.5 Å². The molecule has 0 aliphatic carbocycles. The summed E-state index contributed by atoms with van der Waals surface area (Å²) >= 11 is 14.0. The first kappa shape index (κ1) is 14.9. The zero-order chi connectivity index (χ0) is 13.7. The average Bonchev–Trinajstić information content (AvgIpc) is 2.81. The van der Waals surface area contributed by atoms with Gasteiger partial charge in [0.15, 0.2) is 0 Å². The van der Waals surface area contributed by atoms with E-state index in [4.69, 9.17) is 23.2 Å². The Labute approximate surface area is 128 Å². The van der Waals surface area contributed by atoms with Crippen LogP contribution in [-0.4, -0.2) is 6.54 Å². The second-order valence-corrected chi connectivity index (χ2v) is 6.26. The second-order valence-electron chi connectivity index (χ2n) is 4.47. The first-order valence-corrected chi connectivity index (χ1v) is 8.05. The van der Waals surface area contributed by atoms with Crippen LogP contribution in [0, 0.1) is 0 Å². The third-order valence-corrected chi connectivity index (χ3v) is 4.64. The molecule has 0 aliphatic heterocycles. The van der Waals surface area contributed by atoms with Crippen LogP contribution in [0.5, 0.6) is 0 Å². The predicted molar refractivity (Wildman–Crippen MR) is 85.5 cm³/mol. The van der Waals surface area contributed by atoms with E-state index in [0.717, 1.165) is 29.4 Å². The highest BCUT2D eigenvalue weighted by atomic mass is 35.5. The Balaban J connectivity index is 2.16. The van der Waals surface area contributed by atoms with E-state index < -0.39 is 0 Å². The quantitative estimate of drug-likeness (QED) is 0.759. The van der Waals surface area contributed by atoms with E-state index in [1.165, 1.54) is 10.4 Å². The first-order chi connectivity index (χ1) is 9.20. The Morgan fingerprint density at radius 3 is 2.74 bits per heavy atom. The van der Waals surface area contributed by atoms with E-state index in [-0.39, 0.29) is 6.04 Å². The van der Waals surface area contributed by atoms with Gasteiger partial charge in [-0.05, 0) is 48.5 Å². The molecule has 0 spiro atoms. The topological polar surface area (TPSA) is 12.0 Å². The van der Waals surface area contributed by atoms with Crippen molar-refractivity contribution in [1.29, 1.82) is 0 Å². The van der Waals surface area contributed by atoms with Gasteiger partial charge in [0.25, 0.3) is 0 Å². The van der Waals surface area contributed by atoms with Crippen molar-refractivity contribution in [2.24, 2.45) is 0 Å². The lowest BCUT2D eigenvalue weighted by atomic mass is 10.0. The minimum Gasteiger partial charge on any atom is -0.309 e. The van der Waals surface area contributed by atoms with Gasteiger partial charge in [-0.1, -0.05) is 42.3 Å². The lowest BCUT2D eigenvalue weighted by Crippen LogP contribution is -2.23. The highest BCUT2D eigenvalue weighted by Crippen LogP contribution is 2.31. The highest BCUT2D eigenvalue weighted by Gasteiger charge is 2.16. The molecule has 1 aromatic carbocycles. The summed E-state index contributed by atoms with van der Waals surface area (Å²) in [4.78, 5) is 1.20. The van der Waals surface area contributed by atoms with Gasteiger partial charge in [0.2, 0.25) is 0 Å². The second kappa shape index (κ2) is 7.30. The minimum absolute atomic E-state index is 0.255. The molecule has 1 N–H and O–H groups in total. The van der Waals surface area contributed by atoms with Crippen molar-refractivity contribution in [3.05, 3.63) is 56.2 Å². The van der Waals surface area contributed by atoms with Crippen LogP contribution in [0.25, 0.3) is 0 Å².